The number of rotatable bonds is 3. The van der Waals surface area contributed by atoms with Crippen LogP contribution in [0, 0.1) is 0 Å². The molecule has 3 N–H and O–H groups in total. The van der Waals surface area contributed by atoms with E-state index in [1.54, 1.807) is 0 Å². The van der Waals surface area contributed by atoms with E-state index in [2.05, 4.69) is 11.9 Å². The van der Waals surface area contributed by atoms with Crippen LogP contribution in [0.1, 0.15) is 6.92 Å². The summed E-state index contributed by atoms with van der Waals surface area (Å²) >= 11 is 5.36. The summed E-state index contributed by atoms with van der Waals surface area (Å²) in [5.74, 6) is 0. The Labute approximate surface area is 54.7 Å². The van der Waals surface area contributed by atoms with E-state index in [4.69, 9.17) is 17.3 Å². The molecule has 0 aromatic heterocycles. The van der Waals surface area contributed by atoms with Crippen LogP contribution in [0.4, 0.5) is 0 Å². The van der Waals surface area contributed by atoms with Crippen molar-refractivity contribution in [2.45, 2.75) is 13.0 Å². The monoisotopic (exact) mass is 134 g/mol. The first kappa shape index (κ1) is 7.79. The Morgan fingerprint density at radius 3 is 2.62 bits per heavy atom. The Morgan fingerprint density at radius 2 is 2.50 bits per heavy atom. The zero-order valence-corrected chi connectivity index (χ0v) is 5.70. The first-order valence-electron chi connectivity index (χ1n) is 2.47. The highest BCUT2D eigenvalue weighted by Crippen LogP contribution is 1.87. The van der Waals surface area contributed by atoms with Crippen molar-refractivity contribution < 1.29 is 0 Å². The van der Waals surface area contributed by atoms with E-state index in [1.807, 2.05) is 6.92 Å². The molecule has 0 radical (unpaired) electrons. The van der Waals surface area contributed by atoms with Crippen molar-refractivity contribution in [2.75, 3.05) is 6.54 Å². The van der Waals surface area contributed by atoms with Gasteiger partial charge < -0.3 is 11.1 Å². The molecule has 0 unspecified atom stereocenters. The lowest BCUT2D eigenvalue weighted by Crippen LogP contribution is -2.29. The lowest BCUT2D eigenvalue weighted by molar-refractivity contribution is 0.682. The van der Waals surface area contributed by atoms with Crippen LogP contribution < -0.4 is 11.1 Å². The molecular weight excluding hydrogens is 124 g/mol. The van der Waals surface area contributed by atoms with Crippen LogP contribution in [0.25, 0.3) is 0 Å². The maximum atomic E-state index is 5.38. The standard InChI is InChI=1S/C5H11ClN2/c1-4(7)3-8-5(2)6/h4,8H,2-3,7H2,1H3/t4-/m0/s1. The molecule has 0 saturated carbocycles. The molecule has 0 fully saturated rings. The fourth-order valence-corrected chi connectivity index (χ4v) is 0.349. The Kier molecular flexibility index (Phi) is 3.65. The molecule has 0 heterocycles. The molecule has 0 aromatic rings. The minimum Gasteiger partial charge on any atom is -0.375 e. The second kappa shape index (κ2) is 3.75. The minimum absolute atomic E-state index is 0.130. The van der Waals surface area contributed by atoms with Crippen molar-refractivity contribution in [2.24, 2.45) is 5.73 Å². The third kappa shape index (κ3) is 5.79. The molecule has 2 nitrogen and oxygen atoms in total. The molecular formula is C5H11ClN2. The molecule has 0 amide bonds. The van der Waals surface area contributed by atoms with Gasteiger partial charge >= 0.3 is 0 Å². The number of halogens is 1. The summed E-state index contributed by atoms with van der Waals surface area (Å²) in [5.41, 5.74) is 5.38. The molecule has 0 bridgehead atoms. The number of nitrogens with one attached hydrogen (secondary N) is 1. The summed E-state index contributed by atoms with van der Waals surface area (Å²) in [6, 6.07) is 0.130. The van der Waals surface area contributed by atoms with Crippen LogP contribution in [-0.2, 0) is 0 Å². The highest BCUT2D eigenvalue weighted by atomic mass is 35.5. The van der Waals surface area contributed by atoms with Gasteiger partial charge in [-0.1, -0.05) is 18.2 Å². The lowest BCUT2D eigenvalue weighted by Gasteiger charge is -2.04. The van der Waals surface area contributed by atoms with E-state index in [-0.39, 0.29) is 6.04 Å². The predicted octanol–water partition coefficient (Wildman–Crippen LogP) is 0.633. The molecule has 3 heteroatoms. The Balaban J connectivity index is 3.05. The fraction of sp³-hybridized carbons (Fsp3) is 0.600. The van der Waals surface area contributed by atoms with Crippen LogP contribution in [0.5, 0.6) is 0 Å². The second-order valence-electron chi connectivity index (χ2n) is 1.76. The topological polar surface area (TPSA) is 38.0 Å². The van der Waals surface area contributed by atoms with Crippen LogP contribution in [0.3, 0.4) is 0 Å². The first-order chi connectivity index (χ1) is 3.63. The van der Waals surface area contributed by atoms with E-state index in [0.29, 0.717) is 11.7 Å². The Bertz CT molecular complexity index is 80.5. The lowest BCUT2D eigenvalue weighted by atomic mass is 10.4. The quantitative estimate of drug-likeness (QED) is 0.556. The molecule has 0 rings (SSSR count). The van der Waals surface area contributed by atoms with E-state index >= 15 is 0 Å². The number of hydrogen-bond acceptors (Lipinski definition) is 2. The van der Waals surface area contributed by atoms with Gasteiger partial charge in [0, 0.05) is 12.6 Å². The Hall–Kier alpha value is -0.210. The van der Waals surface area contributed by atoms with Crippen molar-refractivity contribution in [3.05, 3.63) is 11.7 Å². The smallest absolute Gasteiger partial charge is 0.0945 e. The van der Waals surface area contributed by atoms with E-state index < -0.39 is 0 Å². The van der Waals surface area contributed by atoms with Crippen LogP contribution in [0.15, 0.2) is 11.7 Å². The third-order valence-electron chi connectivity index (χ3n) is 0.616. The van der Waals surface area contributed by atoms with Gasteiger partial charge in [-0.3, -0.25) is 0 Å². The van der Waals surface area contributed by atoms with E-state index in [1.165, 1.54) is 0 Å². The van der Waals surface area contributed by atoms with Crippen LogP contribution in [0.2, 0.25) is 0 Å². The maximum Gasteiger partial charge on any atom is 0.0945 e. The zero-order valence-electron chi connectivity index (χ0n) is 4.95. The van der Waals surface area contributed by atoms with Crippen molar-refractivity contribution >= 4 is 11.6 Å². The van der Waals surface area contributed by atoms with Gasteiger partial charge in [-0.25, -0.2) is 0 Å². The predicted molar refractivity (Wildman–Crippen MR) is 36.6 cm³/mol. The summed E-state index contributed by atoms with van der Waals surface area (Å²) < 4.78 is 0. The van der Waals surface area contributed by atoms with Gasteiger partial charge in [0.2, 0.25) is 0 Å². The van der Waals surface area contributed by atoms with Crippen molar-refractivity contribution in [3.8, 4) is 0 Å². The molecule has 0 saturated heterocycles. The second-order valence-corrected chi connectivity index (χ2v) is 2.22. The summed E-state index contributed by atoms with van der Waals surface area (Å²) in [5, 5.41) is 3.24. The number of hydrogen-bond donors (Lipinski definition) is 2. The highest BCUT2D eigenvalue weighted by molar-refractivity contribution is 6.28. The molecule has 8 heavy (non-hydrogen) atoms. The van der Waals surface area contributed by atoms with Crippen molar-refractivity contribution in [1.29, 1.82) is 0 Å². The average Bonchev–Trinajstić information content (AvgIpc) is 1.61. The van der Waals surface area contributed by atoms with Gasteiger partial charge in [-0.2, -0.15) is 0 Å². The highest BCUT2D eigenvalue weighted by Gasteiger charge is 1.90. The molecule has 0 aliphatic rings. The van der Waals surface area contributed by atoms with Crippen molar-refractivity contribution in [3.63, 3.8) is 0 Å². The average molecular weight is 135 g/mol. The van der Waals surface area contributed by atoms with Crippen LogP contribution in [-0.4, -0.2) is 12.6 Å². The van der Waals surface area contributed by atoms with Gasteiger partial charge in [0.1, 0.15) is 0 Å². The largest absolute Gasteiger partial charge is 0.375 e. The normalized spacial score (nSPS) is 12.9. The summed E-state index contributed by atoms with van der Waals surface area (Å²) in [6.07, 6.45) is 0. The van der Waals surface area contributed by atoms with Crippen molar-refractivity contribution in [1.82, 2.24) is 5.32 Å². The van der Waals surface area contributed by atoms with Gasteiger partial charge in [-0.05, 0) is 6.92 Å². The summed E-state index contributed by atoms with van der Waals surface area (Å²) in [6.45, 7) is 6.00. The first-order valence-corrected chi connectivity index (χ1v) is 2.84. The SMILES string of the molecule is C=C(Cl)NC[C@H](C)N. The molecule has 1 atom stereocenters. The zero-order chi connectivity index (χ0) is 6.57. The summed E-state index contributed by atoms with van der Waals surface area (Å²) in [4.78, 5) is 0. The fourth-order valence-electron chi connectivity index (χ4n) is 0.272. The molecule has 48 valence electrons. The third-order valence-corrected chi connectivity index (χ3v) is 0.749. The van der Waals surface area contributed by atoms with Crippen LogP contribution >= 0.6 is 11.6 Å². The molecule has 0 aliphatic carbocycles. The van der Waals surface area contributed by atoms with E-state index in [9.17, 15) is 0 Å². The maximum absolute atomic E-state index is 5.38. The molecule has 0 aromatic carbocycles. The van der Waals surface area contributed by atoms with Gasteiger partial charge in [0.15, 0.2) is 0 Å². The van der Waals surface area contributed by atoms with Gasteiger partial charge in [-0.15, -0.1) is 0 Å². The van der Waals surface area contributed by atoms with Gasteiger partial charge in [0.25, 0.3) is 0 Å². The number of nitrogens with two attached hydrogens (primary N) is 1. The molecule has 0 spiro atoms. The van der Waals surface area contributed by atoms with E-state index in [0.717, 1.165) is 0 Å². The molecule has 0 aliphatic heterocycles. The summed E-state index contributed by atoms with van der Waals surface area (Å²) in [7, 11) is 0. The van der Waals surface area contributed by atoms with Gasteiger partial charge in [0.05, 0.1) is 5.16 Å². The minimum atomic E-state index is 0.130. The Morgan fingerprint density at radius 1 is 2.00 bits per heavy atom.